The first kappa shape index (κ1) is 21.9. The molecule has 0 saturated carbocycles. The third-order valence-electron chi connectivity index (χ3n) is 4.57. The monoisotopic (exact) mass is 445 g/mol. The number of carbonyl (C=O) groups is 1. The van der Waals surface area contributed by atoms with E-state index in [1.807, 2.05) is 17.5 Å². The molecule has 3 aromatic rings. The summed E-state index contributed by atoms with van der Waals surface area (Å²) in [6.45, 7) is 4.17. The van der Waals surface area contributed by atoms with Crippen molar-refractivity contribution in [1.29, 1.82) is 0 Å². The van der Waals surface area contributed by atoms with Crippen LogP contribution < -0.4 is 10.1 Å². The number of ether oxygens (including phenoxy) is 1. The summed E-state index contributed by atoms with van der Waals surface area (Å²) >= 11 is 1.53. The van der Waals surface area contributed by atoms with Crippen molar-refractivity contribution in [3.63, 3.8) is 0 Å². The van der Waals surface area contributed by atoms with Gasteiger partial charge in [-0.05, 0) is 42.5 Å². The molecule has 0 aliphatic heterocycles. The zero-order valence-corrected chi connectivity index (χ0v) is 18.6. The Balaban J connectivity index is 1.86. The second kappa shape index (κ2) is 9.38. The number of carbonyl (C=O) groups excluding carboxylic acids is 1. The molecule has 0 aliphatic rings. The molecular formula is C21H23N3O4S2. The highest BCUT2D eigenvalue weighted by molar-refractivity contribution is 7.89. The van der Waals surface area contributed by atoms with Gasteiger partial charge in [-0.3, -0.25) is 4.79 Å². The summed E-state index contributed by atoms with van der Waals surface area (Å²) in [5.41, 5.74) is 1.79. The second-order valence-electron chi connectivity index (χ2n) is 6.32. The highest BCUT2D eigenvalue weighted by atomic mass is 32.2. The van der Waals surface area contributed by atoms with Crippen LogP contribution in [0.5, 0.6) is 5.75 Å². The number of amides is 1. The number of sulfonamides is 1. The minimum Gasteiger partial charge on any atom is -0.495 e. The molecule has 3 rings (SSSR count). The number of hydrogen-bond donors (Lipinski definition) is 1. The number of benzene rings is 2. The van der Waals surface area contributed by atoms with Gasteiger partial charge in [0, 0.05) is 41.5 Å². The molecule has 7 nitrogen and oxygen atoms in total. The second-order valence-corrected chi connectivity index (χ2v) is 9.12. The van der Waals surface area contributed by atoms with E-state index in [0.717, 1.165) is 10.6 Å². The van der Waals surface area contributed by atoms with Gasteiger partial charge in [0.25, 0.3) is 5.91 Å². The van der Waals surface area contributed by atoms with E-state index in [2.05, 4.69) is 10.3 Å². The summed E-state index contributed by atoms with van der Waals surface area (Å²) in [4.78, 5) is 17.0. The summed E-state index contributed by atoms with van der Waals surface area (Å²) in [7, 11) is -2.38. The summed E-state index contributed by atoms with van der Waals surface area (Å²) < 4.78 is 32.5. The van der Waals surface area contributed by atoms with Crippen LogP contribution in [0.3, 0.4) is 0 Å². The van der Waals surface area contributed by atoms with Crippen LogP contribution in [0.1, 0.15) is 24.2 Å². The summed E-state index contributed by atoms with van der Waals surface area (Å²) in [6, 6.07) is 11.7. The summed E-state index contributed by atoms with van der Waals surface area (Å²) in [5, 5.41) is 5.60. The van der Waals surface area contributed by atoms with Crippen molar-refractivity contribution in [2.45, 2.75) is 18.7 Å². The fourth-order valence-electron chi connectivity index (χ4n) is 2.99. The van der Waals surface area contributed by atoms with Crippen LogP contribution in [-0.4, -0.2) is 43.8 Å². The lowest BCUT2D eigenvalue weighted by Gasteiger charge is -2.20. The molecule has 0 fully saturated rings. The largest absolute Gasteiger partial charge is 0.495 e. The lowest BCUT2D eigenvalue weighted by molar-refractivity contribution is 0.102. The van der Waals surface area contributed by atoms with E-state index < -0.39 is 15.9 Å². The van der Waals surface area contributed by atoms with Crippen molar-refractivity contribution in [3.05, 3.63) is 59.6 Å². The van der Waals surface area contributed by atoms with Crippen molar-refractivity contribution in [1.82, 2.24) is 9.29 Å². The van der Waals surface area contributed by atoms with E-state index in [-0.39, 0.29) is 16.2 Å². The molecule has 0 atom stereocenters. The number of rotatable bonds is 8. The molecule has 0 aliphatic carbocycles. The molecule has 30 heavy (non-hydrogen) atoms. The third-order valence-corrected chi connectivity index (χ3v) is 7.46. The van der Waals surface area contributed by atoms with E-state index in [9.17, 15) is 13.2 Å². The van der Waals surface area contributed by atoms with Gasteiger partial charge < -0.3 is 10.1 Å². The number of hydrogen-bond acceptors (Lipinski definition) is 6. The predicted octanol–water partition coefficient (Wildman–Crippen LogP) is 4.10. The predicted molar refractivity (Wildman–Crippen MR) is 119 cm³/mol. The number of methoxy groups -OCH3 is 1. The van der Waals surface area contributed by atoms with Crippen LogP contribution in [0, 0.1) is 0 Å². The van der Waals surface area contributed by atoms with Gasteiger partial charge in [0.2, 0.25) is 10.0 Å². The molecular weight excluding hydrogens is 422 g/mol. The molecule has 0 saturated heterocycles. The van der Waals surface area contributed by atoms with E-state index >= 15 is 0 Å². The van der Waals surface area contributed by atoms with Gasteiger partial charge >= 0.3 is 0 Å². The molecule has 0 radical (unpaired) electrons. The van der Waals surface area contributed by atoms with Gasteiger partial charge in [0.1, 0.15) is 15.7 Å². The highest BCUT2D eigenvalue weighted by Gasteiger charge is 2.26. The fraction of sp³-hybridized carbons (Fsp3) is 0.238. The summed E-state index contributed by atoms with van der Waals surface area (Å²) in [6.07, 6.45) is 1.74. The number of nitrogens with one attached hydrogen (secondary N) is 1. The van der Waals surface area contributed by atoms with E-state index in [1.54, 1.807) is 38.2 Å². The van der Waals surface area contributed by atoms with Crippen LogP contribution in [-0.2, 0) is 10.0 Å². The average Bonchev–Trinajstić information content (AvgIpc) is 3.29. The van der Waals surface area contributed by atoms with Gasteiger partial charge in [-0.1, -0.05) is 13.8 Å². The van der Waals surface area contributed by atoms with Gasteiger partial charge in [-0.15, -0.1) is 11.3 Å². The fourth-order valence-corrected chi connectivity index (χ4v) is 5.27. The molecule has 0 spiro atoms. The molecule has 1 aromatic heterocycles. The van der Waals surface area contributed by atoms with Gasteiger partial charge in [-0.25, -0.2) is 13.4 Å². The third kappa shape index (κ3) is 4.53. The SMILES string of the molecule is CCN(CC)S(=O)(=O)c1cc(C(=O)Nc2ccc(-c3nccs3)cc2)ccc1OC. The first-order valence-corrected chi connectivity index (χ1v) is 11.7. The van der Waals surface area contributed by atoms with Crippen LogP contribution in [0.4, 0.5) is 5.69 Å². The highest BCUT2D eigenvalue weighted by Crippen LogP contribution is 2.28. The quantitative estimate of drug-likeness (QED) is 0.564. The minimum absolute atomic E-state index is 0.0273. The lowest BCUT2D eigenvalue weighted by Crippen LogP contribution is -2.31. The van der Waals surface area contributed by atoms with Crippen molar-refractivity contribution < 1.29 is 17.9 Å². The maximum Gasteiger partial charge on any atom is 0.255 e. The average molecular weight is 446 g/mol. The Labute approximate surface area is 180 Å². The molecule has 0 bridgehead atoms. The molecule has 2 aromatic carbocycles. The molecule has 158 valence electrons. The maximum atomic E-state index is 13.0. The number of anilines is 1. The Morgan fingerprint density at radius 3 is 2.40 bits per heavy atom. The molecule has 1 heterocycles. The Hall–Kier alpha value is -2.75. The topological polar surface area (TPSA) is 88.6 Å². The number of thiazole rings is 1. The van der Waals surface area contributed by atoms with Crippen LogP contribution >= 0.6 is 11.3 Å². The van der Waals surface area contributed by atoms with E-state index in [0.29, 0.717) is 18.8 Å². The zero-order valence-electron chi connectivity index (χ0n) is 17.0. The smallest absolute Gasteiger partial charge is 0.255 e. The van der Waals surface area contributed by atoms with Crippen LogP contribution in [0.2, 0.25) is 0 Å². The van der Waals surface area contributed by atoms with Crippen molar-refractivity contribution in [2.75, 3.05) is 25.5 Å². The number of aromatic nitrogens is 1. The molecule has 1 amide bonds. The van der Waals surface area contributed by atoms with Crippen molar-refractivity contribution in [3.8, 4) is 16.3 Å². The first-order valence-electron chi connectivity index (χ1n) is 9.40. The Bertz CT molecular complexity index is 1110. The maximum absolute atomic E-state index is 13.0. The Kier molecular flexibility index (Phi) is 6.86. The van der Waals surface area contributed by atoms with Crippen LogP contribution in [0.15, 0.2) is 58.9 Å². The van der Waals surface area contributed by atoms with E-state index in [4.69, 9.17) is 4.74 Å². The zero-order chi connectivity index (χ0) is 21.7. The summed E-state index contributed by atoms with van der Waals surface area (Å²) in [5.74, 6) is -0.207. The standard InChI is InChI=1S/C21H23N3O4S2/c1-4-24(5-2)30(26,27)19-14-16(8-11-18(19)28-3)20(25)23-17-9-6-15(7-10-17)21-22-12-13-29-21/h6-14H,4-5H2,1-3H3,(H,23,25). The van der Waals surface area contributed by atoms with Crippen molar-refractivity contribution in [2.24, 2.45) is 0 Å². The van der Waals surface area contributed by atoms with Gasteiger partial charge in [0.05, 0.1) is 7.11 Å². The van der Waals surface area contributed by atoms with Gasteiger partial charge in [0.15, 0.2) is 0 Å². The van der Waals surface area contributed by atoms with Crippen LogP contribution in [0.25, 0.3) is 10.6 Å². The van der Waals surface area contributed by atoms with Gasteiger partial charge in [-0.2, -0.15) is 4.31 Å². The number of nitrogens with zero attached hydrogens (tertiary/aromatic N) is 2. The molecule has 9 heteroatoms. The molecule has 0 unspecified atom stereocenters. The Morgan fingerprint density at radius 1 is 1.13 bits per heavy atom. The van der Waals surface area contributed by atoms with E-state index in [1.165, 1.54) is 34.9 Å². The first-order chi connectivity index (χ1) is 14.4. The molecule has 1 N–H and O–H groups in total. The minimum atomic E-state index is -3.78. The lowest BCUT2D eigenvalue weighted by atomic mass is 10.2. The Morgan fingerprint density at radius 2 is 1.83 bits per heavy atom. The normalized spacial score (nSPS) is 11.5. The van der Waals surface area contributed by atoms with Crippen molar-refractivity contribution >= 4 is 33.0 Å².